The van der Waals surface area contributed by atoms with Crippen LogP contribution in [0.1, 0.15) is 13.3 Å². The SMILES string of the molecule is COc1cc(N2CC(CSC(C)=O)CC2=O)ccc1O. The van der Waals surface area contributed by atoms with E-state index in [1.54, 1.807) is 17.0 Å². The average molecular weight is 295 g/mol. The number of phenolic OH excluding ortho intramolecular Hbond substituents is 1. The molecule has 1 aromatic rings. The number of aromatic hydroxyl groups is 1. The lowest BCUT2D eigenvalue weighted by Gasteiger charge is -2.17. The second kappa shape index (κ2) is 6.17. The van der Waals surface area contributed by atoms with Crippen LogP contribution in [0.4, 0.5) is 5.69 Å². The number of nitrogens with zero attached hydrogens (tertiary/aromatic N) is 1. The van der Waals surface area contributed by atoms with Crippen molar-refractivity contribution >= 4 is 28.5 Å². The summed E-state index contributed by atoms with van der Waals surface area (Å²) in [5.74, 6) is 1.26. The molecule has 0 saturated carbocycles. The second-order valence-electron chi connectivity index (χ2n) is 4.73. The summed E-state index contributed by atoms with van der Waals surface area (Å²) >= 11 is 1.26. The van der Waals surface area contributed by atoms with Gasteiger partial charge in [0, 0.05) is 37.4 Å². The van der Waals surface area contributed by atoms with Gasteiger partial charge in [-0.15, -0.1) is 0 Å². The Morgan fingerprint density at radius 3 is 2.95 bits per heavy atom. The molecule has 0 aromatic heterocycles. The zero-order valence-corrected chi connectivity index (χ0v) is 12.3. The van der Waals surface area contributed by atoms with E-state index in [1.165, 1.54) is 31.9 Å². The highest BCUT2D eigenvalue weighted by atomic mass is 32.2. The number of ether oxygens (including phenoxy) is 1. The van der Waals surface area contributed by atoms with Crippen molar-refractivity contribution in [1.82, 2.24) is 0 Å². The molecule has 1 N–H and O–H groups in total. The predicted octanol–water partition coefficient (Wildman–Crippen LogP) is 2.03. The van der Waals surface area contributed by atoms with Gasteiger partial charge in [-0.2, -0.15) is 0 Å². The zero-order valence-electron chi connectivity index (χ0n) is 11.5. The lowest BCUT2D eigenvalue weighted by atomic mass is 10.1. The van der Waals surface area contributed by atoms with E-state index < -0.39 is 0 Å². The van der Waals surface area contributed by atoms with Gasteiger partial charge in [-0.1, -0.05) is 11.8 Å². The van der Waals surface area contributed by atoms with E-state index in [2.05, 4.69) is 0 Å². The minimum absolute atomic E-state index is 0.0342. The van der Waals surface area contributed by atoms with Crippen LogP contribution in [-0.2, 0) is 9.59 Å². The molecule has 1 atom stereocenters. The summed E-state index contributed by atoms with van der Waals surface area (Å²) in [5.41, 5.74) is 0.708. The highest BCUT2D eigenvalue weighted by Crippen LogP contribution is 2.34. The number of thioether (sulfide) groups is 1. The quantitative estimate of drug-likeness (QED) is 0.920. The van der Waals surface area contributed by atoms with Crippen molar-refractivity contribution in [3.8, 4) is 11.5 Å². The third kappa shape index (κ3) is 3.25. The van der Waals surface area contributed by atoms with Crippen LogP contribution in [0.25, 0.3) is 0 Å². The molecule has 0 bridgehead atoms. The van der Waals surface area contributed by atoms with Crippen LogP contribution >= 0.6 is 11.8 Å². The van der Waals surface area contributed by atoms with Gasteiger partial charge in [0.25, 0.3) is 0 Å². The Kier molecular flexibility index (Phi) is 4.54. The van der Waals surface area contributed by atoms with Crippen molar-refractivity contribution < 1.29 is 19.4 Å². The summed E-state index contributed by atoms with van der Waals surface area (Å²) in [6, 6.07) is 4.85. The molecule has 1 amide bonds. The number of amides is 1. The van der Waals surface area contributed by atoms with Crippen LogP contribution < -0.4 is 9.64 Å². The lowest BCUT2D eigenvalue weighted by molar-refractivity contribution is -0.117. The van der Waals surface area contributed by atoms with Crippen molar-refractivity contribution in [2.24, 2.45) is 5.92 Å². The molecule has 1 fully saturated rings. The molecule has 1 aliphatic heterocycles. The fourth-order valence-corrected chi connectivity index (χ4v) is 2.91. The Hall–Kier alpha value is -1.69. The summed E-state index contributed by atoms with van der Waals surface area (Å²) in [5, 5.41) is 9.64. The smallest absolute Gasteiger partial charge is 0.227 e. The number of anilines is 1. The lowest BCUT2D eigenvalue weighted by Crippen LogP contribution is -2.24. The summed E-state index contributed by atoms with van der Waals surface area (Å²) in [7, 11) is 1.47. The highest BCUT2D eigenvalue weighted by Gasteiger charge is 2.31. The Morgan fingerprint density at radius 1 is 1.55 bits per heavy atom. The monoisotopic (exact) mass is 295 g/mol. The molecule has 5 nitrogen and oxygen atoms in total. The first-order chi connectivity index (χ1) is 9.51. The van der Waals surface area contributed by atoms with Crippen molar-refractivity contribution in [3.63, 3.8) is 0 Å². The summed E-state index contributed by atoms with van der Waals surface area (Å²) in [4.78, 5) is 24.7. The highest BCUT2D eigenvalue weighted by molar-refractivity contribution is 8.13. The molecule has 6 heteroatoms. The molecule has 2 rings (SSSR count). The first-order valence-corrected chi connectivity index (χ1v) is 7.30. The topological polar surface area (TPSA) is 66.8 Å². The molecule has 1 saturated heterocycles. The van der Waals surface area contributed by atoms with Crippen molar-refractivity contribution in [1.29, 1.82) is 0 Å². The van der Waals surface area contributed by atoms with E-state index in [4.69, 9.17) is 4.74 Å². The predicted molar refractivity (Wildman–Crippen MR) is 78.3 cm³/mol. The number of hydrogen-bond donors (Lipinski definition) is 1. The first kappa shape index (κ1) is 14.7. The van der Waals surface area contributed by atoms with Crippen molar-refractivity contribution in [3.05, 3.63) is 18.2 Å². The van der Waals surface area contributed by atoms with Gasteiger partial charge in [-0.05, 0) is 18.1 Å². The first-order valence-electron chi connectivity index (χ1n) is 6.32. The largest absolute Gasteiger partial charge is 0.504 e. The van der Waals surface area contributed by atoms with Gasteiger partial charge in [0.1, 0.15) is 0 Å². The van der Waals surface area contributed by atoms with E-state index in [-0.39, 0.29) is 22.7 Å². The van der Waals surface area contributed by atoms with E-state index in [0.29, 0.717) is 30.2 Å². The molecule has 1 aromatic carbocycles. The standard InChI is InChI=1S/C14H17NO4S/c1-9(16)20-8-10-5-14(18)15(7-10)11-3-4-12(17)13(6-11)19-2/h3-4,6,10,17H,5,7-8H2,1-2H3. The van der Waals surface area contributed by atoms with Gasteiger partial charge in [0.15, 0.2) is 16.6 Å². The van der Waals surface area contributed by atoms with Crippen LogP contribution in [0.15, 0.2) is 18.2 Å². The maximum atomic E-state index is 12.0. The molecular weight excluding hydrogens is 278 g/mol. The van der Waals surface area contributed by atoms with Gasteiger partial charge in [0.2, 0.25) is 5.91 Å². The van der Waals surface area contributed by atoms with Crippen LogP contribution in [-0.4, -0.2) is 35.5 Å². The maximum absolute atomic E-state index is 12.0. The summed E-state index contributed by atoms with van der Waals surface area (Å²) < 4.78 is 5.05. The normalized spacial score (nSPS) is 18.4. The number of methoxy groups -OCH3 is 1. The van der Waals surface area contributed by atoms with Crippen LogP contribution in [0.3, 0.4) is 0 Å². The number of benzene rings is 1. The number of hydrogen-bond acceptors (Lipinski definition) is 5. The van der Waals surface area contributed by atoms with Crippen LogP contribution in [0.2, 0.25) is 0 Å². The molecule has 1 unspecified atom stereocenters. The van der Waals surface area contributed by atoms with E-state index in [0.717, 1.165) is 0 Å². The molecule has 0 spiro atoms. The van der Waals surface area contributed by atoms with E-state index in [1.807, 2.05) is 0 Å². The van der Waals surface area contributed by atoms with E-state index >= 15 is 0 Å². The third-order valence-corrected chi connectivity index (χ3v) is 4.25. The Labute approximate surface area is 121 Å². The Balaban J connectivity index is 2.09. The molecule has 0 aliphatic carbocycles. The molecule has 1 aliphatic rings. The fourth-order valence-electron chi connectivity index (χ4n) is 2.21. The zero-order chi connectivity index (χ0) is 14.7. The number of rotatable bonds is 4. The molecule has 20 heavy (non-hydrogen) atoms. The van der Waals surface area contributed by atoms with Gasteiger partial charge in [-0.25, -0.2) is 0 Å². The number of phenols is 1. The third-order valence-electron chi connectivity index (χ3n) is 3.20. The maximum Gasteiger partial charge on any atom is 0.227 e. The number of carbonyl (C=O) groups is 2. The average Bonchev–Trinajstić information content (AvgIpc) is 2.78. The molecular formula is C14H17NO4S. The minimum atomic E-state index is 0.0342. The van der Waals surface area contributed by atoms with Crippen LogP contribution in [0, 0.1) is 5.92 Å². The van der Waals surface area contributed by atoms with Gasteiger partial charge < -0.3 is 14.7 Å². The number of carbonyl (C=O) groups excluding carboxylic acids is 2. The van der Waals surface area contributed by atoms with E-state index in [9.17, 15) is 14.7 Å². The van der Waals surface area contributed by atoms with Crippen molar-refractivity contribution in [2.75, 3.05) is 24.3 Å². The summed E-state index contributed by atoms with van der Waals surface area (Å²) in [6.45, 7) is 2.12. The van der Waals surface area contributed by atoms with Crippen LogP contribution in [0.5, 0.6) is 11.5 Å². The van der Waals surface area contributed by atoms with Gasteiger partial charge in [-0.3, -0.25) is 9.59 Å². The molecule has 0 radical (unpaired) electrons. The van der Waals surface area contributed by atoms with Crippen molar-refractivity contribution in [2.45, 2.75) is 13.3 Å². The van der Waals surface area contributed by atoms with Gasteiger partial charge >= 0.3 is 0 Å². The Bertz CT molecular complexity index is 532. The van der Waals surface area contributed by atoms with Gasteiger partial charge in [0.05, 0.1) is 7.11 Å². The molecule has 1 heterocycles. The minimum Gasteiger partial charge on any atom is -0.504 e. The fraction of sp³-hybridized carbons (Fsp3) is 0.429. The molecule has 108 valence electrons. The summed E-state index contributed by atoms with van der Waals surface area (Å²) in [6.07, 6.45) is 0.448. The Morgan fingerprint density at radius 2 is 2.30 bits per heavy atom. The second-order valence-corrected chi connectivity index (χ2v) is 5.93.